The van der Waals surface area contributed by atoms with Gasteiger partial charge in [-0.05, 0) is 26.1 Å². The van der Waals surface area contributed by atoms with E-state index >= 15 is 0 Å². The molecule has 7 heteroatoms. The van der Waals surface area contributed by atoms with E-state index in [9.17, 15) is 4.79 Å². The third-order valence-corrected chi connectivity index (χ3v) is 3.48. The van der Waals surface area contributed by atoms with Crippen molar-refractivity contribution < 1.29 is 9.53 Å². The van der Waals surface area contributed by atoms with Gasteiger partial charge in [-0.2, -0.15) is 5.10 Å². The number of hydrogen-bond acceptors (Lipinski definition) is 4. The first-order valence-electron chi connectivity index (χ1n) is 5.80. The number of carbonyl (C=O) groups is 1. The summed E-state index contributed by atoms with van der Waals surface area (Å²) in [5.74, 6) is -0.381. The third-order valence-electron chi connectivity index (χ3n) is 3.26. The minimum absolute atomic E-state index is 0.338. The predicted octanol–water partition coefficient (Wildman–Crippen LogP) is 0.694. The number of thiocarbonyl (C=S) groups is 1. The highest BCUT2D eigenvalue weighted by Crippen LogP contribution is 2.29. The summed E-state index contributed by atoms with van der Waals surface area (Å²) in [6, 6.07) is -0.338. The molecular formula is C12H16N4O2S. The summed E-state index contributed by atoms with van der Waals surface area (Å²) in [5, 5.41) is 10.7. The molecule has 0 saturated carbocycles. The fraction of sp³-hybridized carbons (Fsp3) is 0.417. The van der Waals surface area contributed by atoms with Gasteiger partial charge in [0, 0.05) is 24.0 Å². The van der Waals surface area contributed by atoms with E-state index in [1.165, 1.54) is 7.11 Å². The first-order valence-corrected chi connectivity index (χ1v) is 6.21. The van der Waals surface area contributed by atoms with Crippen molar-refractivity contribution in [2.24, 2.45) is 7.05 Å². The number of esters is 1. The Balaban J connectivity index is 2.52. The highest BCUT2D eigenvalue weighted by atomic mass is 32.1. The van der Waals surface area contributed by atoms with Crippen molar-refractivity contribution in [3.05, 3.63) is 28.7 Å². The van der Waals surface area contributed by atoms with Crippen LogP contribution in [-0.4, -0.2) is 28.0 Å². The molecule has 0 amide bonds. The van der Waals surface area contributed by atoms with E-state index in [1.807, 2.05) is 14.0 Å². The Kier molecular flexibility index (Phi) is 3.57. The summed E-state index contributed by atoms with van der Waals surface area (Å²) in [6.45, 7) is 3.75. The maximum absolute atomic E-state index is 12.0. The summed E-state index contributed by atoms with van der Waals surface area (Å²) in [4.78, 5) is 12.0. The molecule has 6 nitrogen and oxygen atoms in total. The van der Waals surface area contributed by atoms with Crippen LogP contribution in [0, 0.1) is 6.92 Å². The molecule has 0 radical (unpaired) electrons. The topological polar surface area (TPSA) is 68.2 Å². The number of hydrogen-bond donors (Lipinski definition) is 2. The lowest BCUT2D eigenvalue weighted by Gasteiger charge is -2.29. The van der Waals surface area contributed by atoms with Gasteiger partial charge in [-0.25, -0.2) is 4.79 Å². The molecule has 0 aliphatic carbocycles. The Labute approximate surface area is 116 Å². The minimum Gasteiger partial charge on any atom is -0.466 e. The molecule has 0 unspecified atom stereocenters. The summed E-state index contributed by atoms with van der Waals surface area (Å²) in [6.07, 6.45) is 1.73. The second kappa shape index (κ2) is 5.00. The van der Waals surface area contributed by atoms with Gasteiger partial charge in [0.1, 0.15) is 0 Å². The molecule has 0 aromatic carbocycles. The van der Waals surface area contributed by atoms with Gasteiger partial charge in [0.2, 0.25) is 0 Å². The van der Waals surface area contributed by atoms with Gasteiger partial charge in [0.05, 0.1) is 24.9 Å². The first-order chi connectivity index (χ1) is 8.95. The molecule has 1 aliphatic rings. The van der Waals surface area contributed by atoms with Gasteiger partial charge in [-0.1, -0.05) is 0 Å². The van der Waals surface area contributed by atoms with Crippen LogP contribution in [-0.2, 0) is 16.6 Å². The molecule has 2 heterocycles. The number of aryl methyl sites for hydroxylation is 1. The smallest absolute Gasteiger partial charge is 0.337 e. The number of allylic oxidation sites excluding steroid dienone is 1. The molecular weight excluding hydrogens is 264 g/mol. The van der Waals surface area contributed by atoms with Crippen LogP contribution in [0.5, 0.6) is 0 Å². The van der Waals surface area contributed by atoms with Crippen LogP contribution in [0.1, 0.15) is 24.2 Å². The average molecular weight is 280 g/mol. The Morgan fingerprint density at radius 2 is 2.21 bits per heavy atom. The number of nitrogens with zero attached hydrogens (tertiary/aromatic N) is 2. The maximum Gasteiger partial charge on any atom is 0.337 e. The molecule has 1 aromatic heterocycles. The van der Waals surface area contributed by atoms with E-state index in [1.54, 1.807) is 17.8 Å². The van der Waals surface area contributed by atoms with Crippen LogP contribution >= 0.6 is 12.2 Å². The Bertz CT molecular complexity index is 576. The van der Waals surface area contributed by atoms with E-state index in [0.29, 0.717) is 16.4 Å². The quantitative estimate of drug-likeness (QED) is 0.614. The number of ether oxygens (including phenoxy) is 1. The Morgan fingerprint density at radius 1 is 1.53 bits per heavy atom. The number of methoxy groups -OCH3 is 1. The highest BCUT2D eigenvalue weighted by Gasteiger charge is 2.32. The summed E-state index contributed by atoms with van der Waals surface area (Å²) < 4.78 is 6.60. The van der Waals surface area contributed by atoms with Crippen LogP contribution in [0.2, 0.25) is 0 Å². The zero-order chi connectivity index (χ0) is 14.2. The van der Waals surface area contributed by atoms with E-state index in [4.69, 9.17) is 17.0 Å². The zero-order valence-electron chi connectivity index (χ0n) is 11.3. The van der Waals surface area contributed by atoms with Gasteiger partial charge in [0.15, 0.2) is 5.11 Å². The van der Waals surface area contributed by atoms with Crippen molar-refractivity contribution in [2.75, 3.05) is 7.11 Å². The summed E-state index contributed by atoms with van der Waals surface area (Å²) in [7, 11) is 3.22. The highest BCUT2D eigenvalue weighted by molar-refractivity contribution is 7.80. The molecule has 2 N–H and O–H groups in total. The van der Waals surface area contributed by atoms with Crippen molar-refractivity contribution in [3.63, 3.8) is 0 Å². The van der Waals surface area contributed by atoms with Crippen molar-refractivity contribution in [1.29, 1.82) is 0 Å². The van der Waals surface area contributed by atoms with Crippen LogP contribution in [0.15, 0.2) is 17.5 Å². The van der Waals surface area contributed by atoms with Crippen molar-refractivity contribution in [3.8, 4) is 0 Å². The lowest BCUT2D eigenvalue weighted by molar-refractivity contribution is -0.136. The van der Waals surface area contributed by atoms with Gasteiger partial charge < -0.3 is 15.4 Å². The van der Waals surface area contributed by atoms with Gasteiger partial charge in [0.25, 0.3) is 0 Å². The van der Waals surface area contributed by atoms with Crippen LogP contribution in [0.25, 0.3) is 0 Å². The third kappa shape index (κ3) is 2.33. The maximum atomic E-state index is 12.0. The van der Waals surface area contributed by atoms with Crippen molar-refractivity contribution in [1.82, 2.24) is 20.4 Å². The number of rotatable bonds is 2. The zero-order valence-corrected chi connectivity index (χ0v) is 12.1. The number of aromatic nitrogens is 2. The molecule has 0 spiro atoms. The first kappa shape index (κ1) is 13.5. The van der Waals surface area contributed by atoms with Crippen molar-refractivity contribution in [2.45, 2.75) is 19.9 Å². The molecule has 1 aromatic rings. The lowest BCUT2D eigenvalue weighted by Crippen LogP contribution is -2.45. The van der Waals surface area contributed by atoms with Gasteiger partial charge >= 0.3 is 5.97 Å². The molecule has 19 heavy (non-hydrogen) atoms. The normalized spacial score (nSPS) is 18.9. The van der Waals surface area contributed by atoms with Gasteiger partial charge in [-0.15, -0.1) is 0 Å². The fourth-order valence-electron chi connectivity index (χ4n) is 2.11. The SMILES string of the molecule is COC(=O)C1=C(C)NC(=S)N[C@H]1c1cnn(C)c1C. The molecule has 1 aliphatic heterocycles. The van der Waals surface area contributed by atoms with Crippen LogP contribution in [0.3, 0.4) is 0 Å². The fourth-order valence-corrected chi connectivity index (χ4v) is 2.38. The van der Waals surface area contributed by atoms with Crippen LogP contribution in [0.4, 0.5) is 0 Å². The second-order valence-corrected chi connectivity index (χ2v) is 4.78. The summed E-state index contributed by atoms with van der Waals surface area (Å²) >= 11 is 5.15. The van der Waals surface area contributed by atoms with E-state index in [0.717, 1.165) is 11.3 Å². The molecule has 0 saturated heterocycles. The largest absolute Gasteiger partial charge is 0.466 e. The average Bonchev–Trinajstić information content (AvgIpc) is 2.68. The minimum atomic E-state index is -0.381. The van der Waals surface area contributed by atoms with E-state index in [2.05, 4.69) is 15.7 Å². The standard InChI is InChI=1S/C12H16N4O2S/c1-6-9(11(17)18-4)10(15-12(19)14-6)8-5-13-16(3)7(8)2/h5,10H,1-4H3,(H2,14,15,19)/t10-/m0/s1. The predicted molar refractivity (Wildman–Crippen MR) is 74.3 cm³/mol. The number of carbonyl (C=O) groups excluding carboxylic acids is 1. The molecule has 1 atom stereocenters. The van der Waals surface area contributed by atoms with Crippen LogP contribution < -0.4 is 10.6 Å². The van der Waals surface area contributed by atoms with Crippen molar-refractivity contribution >= 4 is 23.3 Å². The van der Waals surface area contributed by atoms with E-state index in [-0.39, 0.29) is 12.0 Å². The molecule has 2 rings (SSSR count). The van der Waals surface area contributed by atoms with Gasteiger partial charge in [-0.3, -0.25) is 4.68 Å². The monoisotopic (exact) mass is 280 g/mol. The molecule has 102 valence electrons. The lowest BCUT2D eigenvalue weighted by atomic mass is 9.96. The number of nitrogens with one attached hydrogen (secondary N) is 2. The second-order valence-electron chi connectivity index (χ2n) is 4.37. The van der Waals surface area contributed by atoms with E-state index < -0.39 is 0 Å². The Morgan fingerprint density at radius 3 is 2.74 bits per heavy atom. The summed E-state index contributed by atoms with van der Waals surface area (Å²) in [5.41, 5.74) is 3.10. The Hall–Kier alpha value is -1.89. The molecule has 0 bridgehead atoms. The molecule has 0 fully saturated rings.